The van der Waals surface area contributed by atoms with E-state index in [1.165, 1.54) is 11.6 Å². The van der Waals surface area contributed by atoms with E-state index >= 15 is 0 Å². The molecule has 0 aliphatic carbocycles. The topological polar surface area (TPSA) is 59.8 Å². The van der Waals surface area contributed by atoms with E-state index in [1.807, 2.05) is 67.6 Å². The molecule has 0 saturated carbocycles. The molecule has 0 spiro atoms. The van der Waals surface area contributed by atoms with E-state index in [-0.39, 0.29) is 12.5 Å². The second kappa shape index (κ2) is 8.35. The molecule has 0 bridgehead atoms. The number of rotatable bonds is 4. The quantitative estimate of drug-likeness (QED) is 0.426. The summed E-state index contributed by atoms with van der Waals surface area (Å²) in [6.07, 6.45) is 1.90. The fourth-order valence-electron chi connectivity index (χ4n) is 4.36. The zero-order valence-corrected chi connectivity index (χ0v) is 17.8. The number of carbonyl (C=O) groups excluding carboxylic acids is 1. The molecule has 4 aromatic rings. The van der Waals surface area contributed by atoms with Crippen LogP contribution in [0.5, 0.6) is 5.75 Å². The molecule has 5 rings (SSSR count). The molecule has 0 unspecified atom stereocenters. The van der Waals surface area contributed by atoms with Crippen molar-refractivity contribution in [1.82, 2.24) is 0 Å². The van der Waals surface area contributed by atoms with Gasteiger partial charge in [-0.2, -0.15) is 0 Å². The Hall–Kier alpha value is -3.86. The number of anilines is 1. The molecule has 0 N–H and O–H groups in total. The number of hydrogen-bond donors (Lipinski definition) is 0. The number of aryl methyl sites for hydroxylation is 2. The van der Waals surface area contributed by atoms with Crippen LogP contribution in [0.15, 0.2) is 82.0 Å². The molecule has 3 aromatic carbocycles. The Morgan fingerprint density at radius 3 is 2.66 bits per heavy atom. The Labute approximate surface area is 185 Å². The molecule has 0 atom stereocenters. The first-order chi connectivity index (χ1) is 15.6. The Kier molecular flexibility index (Phi) is 5.23. The zero-order chi connectivity index (χ0) is 22.1. The number of carbonyl (C=O) groups is 1. The van der Waals surface area contributed by atoms with Gasteiger partial charge in [-0.15, -0.1) is 0 Å². The fraction of sp³-hybridized carbons (Fsp3) is 0.185. The highest BCUT2D eigenvalue weighted by atomic mass is 16.5. The van der Waals surface area contributed by atoms with Crippen LogP contribution < -0.4 is 15.3 Å². The summed E-state index contributed by atoms with van der Waals surface area (Å²) in [6, 6.07) is 22.8. The van der Waals surface area contributed by atoms with Crippen molar-refractivity contribution in [3.8, 4) is 16.9 Å². The van der Waals surface area contributed by atoms with Crippen molar-refractivity contribution < 1.29 is 13.9 Å². The highest BCUT2D eigenvalue weighted by Gasteiger charge is 2.23. The predicted octanol–water partition coefficient (Wildman–Crippen LogP) is 5.13. The van der Waals surface area contributed by atoms with Gasteiger partial charge in [-0.1, -0.05) is 48.5 Å². The van der Waals surface area contributed by atoms with Gasteiger partial charge in [0.1, 0.15) is 11.3 Å². The normalized spacial score (nSPS) is 13.1. The van der Waals surface area contributed by atoms with Gasteiger partial charge >= 0.3 is 5.63 Å². The van der Waals surface area contributed by atoms with Crippen LogP contribution in [-0.2, 0) is 11.2 Å². The number of amides is 1. The number of para-hydroxylation sites is 1. The van der Waals surface area contributed by atoms with E-state index in [4.69, 9.17) is 9.15 Å². The van der Waals surface area contributed by atoms with Crippen LogP contribution in [0.3, 0.4) is 0 Å². The highest BCUT2D eigenvalue weighted by molar-refractivity contribution is 5.99. The maximum Gasteiger partial charge on any atom is 0.336 e. The standard InChI is InChI=1S/C27H23NO4/c1-18-14-23(31-17-25(29)28-13-7-11-20-10-5-6-12-22(20)28)27-21(19-8-3-2-4-9-19)16-26(30)32-24(27)15-18/h2-6,8-10,12,14-16H,7,11,13,17H2,1H3. The molecule has 0 saturated heterocycles. The molecule has 0 radical (unpaired) electrons. The van der Waals surface area contributed by atoms with Crippen molar-refractivity contribution in [1.29, 1.82) is 0 Å². The van der Waals surface area contributed by atoms with Crippen molar-refractivity contribution in [2.24, 2.45) is 0 Å². The Bertz CT molecular complexity index is 1360. The van der Waals surface area contributed by atoms with E-state index in [2.05, 4.69) is 6.07 Å². The van der Waals surface area contributed by atoms with E-state index in [1.54, 1.807) is 4.90 Å². The first kappa shape index (κ1) is 20.1. The number of ether oxygens (including phenoxy) is 1. The number of fused-ring (bicyclic) bond motifs is 2. The van der Waals surface area contributed by atoms with Gasteiger partial charge in [0.15, 0.2) is 6.61 Å². The van der Waals surface area contributed by atoms with Crippen molar-refractivity contribution in [2.45, 2.75) is 19.8 Å². The maximum absolute atomic E-state index is 13.1. The van der Waals surface area contributed by atoms with Gasteiger partial charge in [0, 0.05) is 23.9 Å². The van der Waals surface area contributed by atoms with E-state index in [0.29, 0.717) is 23.3 Å². The summed E-state index contributed by atoms with van der Waals surface area (Å²) in [5.41, 5.74) is 4.66. The van der Waals surface area contributed by atoms with Gasteiger partial charge in [-0.3, -0.25) is 4.79 Å². The Balaban J connectivity index is 1.51. The number of nitrogens with zero attached hydrogens (tertiary/aromatic N) is 1. The van der Waals surface area contributed by atoms with Gasteiger partial charge in [0.05, 0.1) is 5.39 Å². The van der Waals surface area contributed by atoms with Crippen LogP contribution in [0.25, 0.3) is 22.1 Å². The minimum atomic E-state index is -0.422. The average molecular weight is 425 g/mol. The van der Waals surface area contributed by atoms with Crippen LogP contribution in [-0.4, -0.2) is 19.1 Å². The van der Waals surface area contributed by atoms with E-state index < -0.39 is 5.63 Å². The molecular weight excluding hydrogens is 402 g/mol. The molecule has 1 amide bonds. The fourth-order valence-corrected chi connectivity index (χ4v) is 4.36. The first-order valence-electron chi connectivity index (χ1n) is 10.7. The molecule has 32 heavy (non-hydrogen) atoms. The summed E-state index contributed by atoms with van der Waals surface area (Å²) in [7, 11) is 0. The van der Waals surface area contributed by atoms with Gasteiger partial charge in [0.2, 0.25) is 0 Å². The van der Waals surface area contributed by atoms with Gasteiger partial charge in [-0.05, 0) is 54.7 Å². The monoisotopic (exact) mass is 425 g/mol. The largest absolute Gasteiger partial charge is 0.483 e. The van der Waals surface area contributed by atoms with Crippen LogP contribution in [0.1, 0.15) is 17.5 Å². The van der Waals surface area contributed by atoms with Crippen LogP contribution in [0.4, 0.5) is 5.69 Å². The van der Waals surface area contributed by atoms with E-state index in [9.17, 15) is 9.59 Å². The maximum atomic E-state index is 13.1. The van der Waals surface area contributed by atoms with Crippen LogP contribution >= 0.6 is 0 Å². The lowest BCUT2D eigenvalue weighted by Gasteiger charge is -2.29. The molecule has 5 heteroatoms. The average Bonchev–Trinajstić information content (AvgIpc) is 2.81. The molecule has 0 fully saturated rings. The van der Waals surface area contributed by atoms with Crippen LogP contribution in [0.2, 0.25) is 0 Å². The SMILES string of the molecule is Cc1cc(OCC(=O)N2CCCc3ccccc32)c2c(-c3ccccc3)cc(=O)oc2c1. The lowest BCUT2D eigenvalue weighted by atomic mass is 10.0. The summed E-state index contributed by atoms with van der Waals surface area (Å²) < 4.78 is 11.6. The van der Waals surface area contributed by atoms with Crippen molar-refractivity contribution in [2.75, 3.05) is 18.1 Å². The van der Waals surface area contributed by atoms with Crippen LogP contribution in [0, 0.1) is 6.92 Å². The number of hydrogen-bond acceptors (Lipinski definition) is 4. The van der Waals surface area contributed by atoms with E-state index in [0.717, 1.165) is 35.2 Å². The summed E-state index contributed by atoms with van der Waals surface area (Å²) in [4.78, 5) is 27.1. The summed E-state index contributed by atoms with van der Waals surface area (Å²) in [5.74, 6) is 0.437. The Morgan fingerprint density at radius 1 is 1.03 bits per heavy atom. The third-order valence-electron chi connectivity index (χ3n) is 5.80. The lowest BCUT2D eigenvalue weighted by molar-refractivity contribution is -0.120. The molecule has 5 nitrogen and oxygen atoms in total. The van der Waals surface area contributed by atoms with Crippen molar-refractivity contribution in [3.63, 3.8) is 0 Å². The third-order valence-corrected chi connectivity index (χ3v) is 5.80. The third kappa shape index (κ3) is 3.78. The summed E-state index contributed by atoms with van der Waals surface area (Å²) >= 11 is 0. The highest BCUT2D eigenvalue weighted by Crippen LogP contribution is 2.35. The molecule has 1 aromatic heterocycles. The second-order valence-electron chi connectivity index (χ2n) is 8.05. The van der Waals surface area contributed by atoms with Gasteiger partial charge < -0.3 is 14.1 Å². The predicted molar refractivity (Wildman–Crippen MR) is 125 cm³/mol. The first-order valence-corrected chi connectivity index (χ1v) is 10.7. The molecular formula is C27H23NO4. The minimum absolute atomic E-state index is 0.0922. The van der Waals surface area contributed by atoms with Crippen molar-refractivity contribution >= 4 is 22.6 Å². The van der Waals surface area contributed by atoms with Gasteiger partial charge in [-0.25, -0.2) is 4.79 Å². The van der Waals surface area contributed by atoms with Crippen molar-refractivity contribution in [3.05, 3.63) is 94.3 Å². The zero-order valence-electron chi connectivity index (χ0n) is 17.8. The molecule has 1 aliphatic rings. The molecule has 160 valence electrons. The lowest BCUT2D eigenvalue weighted by Crippen LogP contribution is -2.38. The summed E-state index contributed by atoms with van der Waals surface area (Å²) in [5, 5.41) is 0.688. The number of benzene rings is 3. The van der Waals surface area contributed by atoms with Gasteiger partial charge in [0.25, 0.3) is 5.91 Å². The second-order valence-corrected chi connectivity index (χ2v) is 8.05. The summed E-state index contributed by atoms with van der Waals surface area (Å²) in [6.45, 7) is 2.49. The molecule has 1 aliphatic heterocycles. The Morgan fingerprint density at radius 2 is 1.81 bits per heavy atom. The smallest absolute Gasteiger partial charge is 0.336 e. The molecule has 2 heterocycles. The minimum Gasteiger partial charge on any atom is -0.483 e.